The van der Waals surface area contributed by atoms with Crippen molar-refractivity contribution in [3.05, 3.63) is 22.4 Å². The van der Waals surface area contributed by atoms with E-state index in [-0.39, 0.29) is 5.82 Å². The number of imidazole rings is 1. The molecule has 3 rings (SSSR count). The number of hydrogen-bond donors (Lipinski definition) is 1. The molecule has 1 fully saturated rings. The average Bonchev–Trinajstić information content (AvgIpc) is 2.66. The van der Waals surface area contributed by atoms with Gasteiger partial charge < -0.3 is 10.3 Å². The molecule has 0 aliphatic heterocycles. The van der Waals surface area contributed by atoms with Crippen molar-refractivity contribution < 1.29 is 4.39 Å². The van der Waals surface area contributed by atoms with Crippen molar-refractivity contribution in [3.8, 4) is 0 Å². The Labute approximate surface area is 120 Å². The van der Waals surface area contributed by atoms with Crippen LogP contribution in [0.2, 0.25) is 0 Å². The summed E-state index contributed by atoms with van der Waals surface area (Å²) < 4.78 is 16.1. The highest BCUT2D eigenvalue weighted by Crippen LogP contribution is 2.38. The molecule has 1 heterocycles. The van der Waals surface area contributed by atoms with Crippen molar-refractivity contribution >= 4 is 32.9 Å². The van der Waals surface area contributed by atoms with Crippen LogP contribution in [0, 0.1) is 11.7 Å². The minimum Gasteiger partial charge on any atom is -0.369 e. The number of halogens is 2. The second-order valence-electron chi connectivity index (χ2n) is 5.42. The van der Waals surface area contributed by atoms with E-state index >= 15 is 0 Å². The Balaban J connectivity index is 2.16. The van der Waals surface area contributed by atoms with E-state index in [4.69, 9.17) is 5.73 Å². The number of nitrogens with two attached hydrogens (primary N) is 1. The van der Waals surface area contributed by atoms with E-state index in [1.54, 1.807) is 6.07 Å². The highest BCUT2D eigenvalue weighted by molar-refractivity contribution is 9.10. The van der Waals surface area contributed by atoms with Crippen LogP contribution in [0.4, 0.5) is 10.3 Å². The maximum Gasteiger partial charge on any atom is 0.201 e. The van der Waals surface area contributed by atoms with Crippen molar-refractivity contribution in [2.45, 2.75) is 38.6 Å². The summed E-state index contributed by atoms with van der Waals surface area (Å²) in [6.45, 7) is 2.26. The van der Waals surface area contributed by atoms with Crippen LogP contribution in [0.3, 0.4) is 0 Å². The lowest BCUT2D eigenvalue weighted by molar-refractivity contribution is 0.264. The molecule has 0 saturated heterocycles. The number of rotatable bonds is 1. The molecule has 2 unspecified atom stereocenters. The lowest BCUT2D eigenvalue weighted by Crippen LogP contribution is -2.22. The van der Waals surface area contributed by atoms with E-state index in [2.05, 4.69) is 32.4 Å². The maximum atomic E-state index is 13.6. The van der Waals surface area contributed by atoms with Gasteiger partial charge >= 0.3 is 0 Å². The van der Waals surface area contributed by atoms with Gasteiger partial charge in [-0.3, -0.25) is 0 Å². The molecule has 19 heavy (non-hydrogen) atoms. The number of fused-ring (bicyclic) bond motifs is 1. The molecule has 0 radical (unpaired) electrons. The van der Waals surface area contributed by atoms with Gasteiger partial charge in [0.05, 0.1) is 15.5 Å². The molecule has 5 heteroatoms. The quantitative estimate of drug-likeness (QED) is 0.850. The predicted molar refractivity (Wildman–Crippen MR) is 78.5 cm³/mol. The molecule has 2 atom stereocenters. The summed E-state index contributed by atoms with van der Waals surface area (Å²) in [5.74, 6) is 0.775. The molecule has 2 N–H and O–H groups in total. The predicted octanol–water partition coefficient (Wildman–Crippen LogP) is 4.27. The number of nitrogen functional groups attached to an aromatic ring is 1. The summed E-state index contributed by atoms with van der Waals surface area (Å²) in [6, 6.07) is 3.60. The smallest absolute Gasteiger partial charge is 0.201 e. The fourth-order valence-electron chi connectivity index (χ4n) is 3.14. The Morgan fingerprint density at radius 1 is 1.37 bits per heavy atom. The van der Waals surface area contributed by atoms with Crippen molar-refractivity contribution in [3.63, 3.8) is 0 Å². The van der Waals surface area contributed by atoms with Gasteiger partial charge in [-0.25, -0.2) is 9.37 Å². The Morgan fingerprint density at radius 2 is 2.11 bits per heavy atom. The Bertz CT molecular complexity index is 623. The summed E-state index contributed by atoms with van der Waals surface area (Å²) in [5.41, 5.74) is 7.62. The van der Waals surface area contributed by atoms with E-state index in [1.165, 1.54) is 25.3 Å². The van der Waals surface area contributed by atoms with Crippen LogP contribution in [-0.2, 0) is 0 Å². The second-order valence-corrected chi connectivity index (χ2v) is 6.28. The van der Waals surface area contributed by atoms with Crippen LogP contribution >= 0.6 is 15.9 Å². The van der Waals surface area contributed by atoms with Crippen LogP contribution in [0.15, 0.2) is 16.6 Å². The fraction of sp³-hybridized carbons (Fsp3) is 0.500. The van der Waals surface area contributed by atoms with Gasteiger partial charge in [0, 0.05) is 12.1 Å². The van der Waals surface area contributed by atoms with Gasteiger partial charge in [-0.1, -0.05) is 19.8 Å². The van der Waals surface area contributed by atoms with Crippen LogP contribution < -0.4 is 5.73 Å². The molecule has 1 saturated carbocycles. The summed E-state index contributed by atoms with van der Waals surface area (Å²) in [4.78, 5) is 4.30. The lowest BCUT2D eigenvalue weighted by atomic mass is 9.85. The molecule has 0 bridgehead atoms. The molecular formula is C14H17BrFN3. The fourth-order valence-corrected chi connectivity index (χ4v) is 3.47. The monoisotopic (exact) mass is 325 g/mol. The van der Waals surface area contributed by atoms with Gasteiger partial charge in [-0.05, 0) is 40.8 Å². The Morgan fingerprint density at radius 3 is 2.84 bits per heavy atom. The highest BCUT2D eigenvalue weighted by Gasteiger charge is 2.26. The number of hydrogen-bond acceptors (Lipinski definition) is 2. The van der Waals surface area contributed by atoms with E-state index in [0.29, 0.717) is 27.9 Å². The zero-order chi connectivity index (χ0) is 13.6. The molecule has 102 valence electrons. The van der Waals surface area contributed by atoms with E-state index in [0.717, 1.165) is 11.9 Å². The minimum atomic E-state index is -0.297. The van der Waals surface area contributed by atoms with E-state index < -0.39 is 0 Å². The first-order valence-electron chi connectivity index (χ1n) is 6.70. The summed E-state index contributed by atoms with van der Waals surface area (Å²) >= 11 is 3.24. The first-order valence-corrected chi connectivity index (χ1v) is 7.49. The zero-order valence-corrected chi connectivity index (χ0v) is 12.5. The topological polar surface area (TPSA) is 43.8 Å². The van der Waals surface area contributed by atoms with Gasteiger partial charge in [0.15, 0.2) is 0 Å². The lowest BCUT2D eigenvalue weighted by Gasteiger charge is -2.31. The first kappa shape index (κ1) is 12.9. The van der Waals surface area contributed by atoms with Gasteiger partial charge in [0.1, 0.15) is 5.82 Å². The van der Waals surface area contributed by atoms with Crippen molar-refractivity contribution in [2.24, 2.45) is 5.92 Å². The molecular weight excluding hydrogens is 309 g/mol. The third-order valence-electron chi connectivity index (χ3n) is 4.16. The van der Waals surface area contributed by atoms with E-state index in [1.807, 2.05) is 0 Å². The van der Waals surface area contributed by atoms with Gasteiger partial charge in [-0.2, -0.15) is 0 Å². The number of nitrogens with zero attached hydrogens (tertiary/aromatic N) is 2. The van der Waals surface area contributed by atoms with Crippen LogP contribution in [-0.4, -0.2) is 9.55 Å². The molecule has 1 aliphatic rings. The normalized spacial score (nSPS) is 23.9. The Hall–Kier alpha value is -1.10. The number of anilines is 1. The second kappa shape index (κ2) is 4.78. The van der Waals surface area contributed by atoms with Crippen molar-refractivity contribution in [2.75, 3.05) is 5.73 Å². The molecule has 1 aromatic heterocycles. The molecule has 2 aromatic rings. The maximum absolute atomic E-state index is 13.6. The van der Waals surface area contributed by atoms with Crippen molar-refractivity contribution in [1.29, 1.82) is 0 Å². The third kappa shape index (κ3) is 2.14. The largest absolute Gasteiger partial charge is 0.369 e. The zero-order valence-electron chi connectivity index (χ0n) is 10.9. The minimum absolute atomic E-state index is 0.297. The van der Waals surface area contributed by atoms with Crippen molar-refractivity contribution in [1.82, 2.24) is 9.55 Å². The summed E-state index contributed by atoms with van der Waals surface area (Å²) in [5, 5.41) is 0. The average molecular weight is 326 g/mol. The SMILES string of the molecule is CC1CCCCC1n1c(N)nc2cc(F)c(Br)cc21. The summed E-state index contributed by atoms with van der Waals surface area (Å²) in [7, 11) is 0. The van der Waals surface area contributed by atoms with Crippen LogP contribution in [0.25, 0.3) is 11.0 Å². The first-order chi connectivity index (χ1) is 9.08. The molecule has 1 aromatic carbocycles. The van der Waals surface area contributed by atoms with Crippen LogP contribution in [0.5, 0.6) is 0 Å². The van der Waals surface area contributed by atoms with Crippen LogP contribution in [0.1, 0.15) is 38.6 Å². The molecule has 3 nitrogen and oxygen atoms in total. The van der Waals surface area contributed by atoms with E-state index in [9.17, 15) is 4.39 Å². The molecule has 1 aliphatic carbocycles. The number of benzene rings is 1. The van der Waals surface area contributed by atoms with Gasteiger partial charge in [-0.15, -0.1) is 0 Å². The Kier molecular flexibility index (Phi) is 3.25. The summed E-state index contributed by atoms with van der Waals surface area (Å²) in [6.07, 6.45) is 4.83. The standard InChI is InChI=1S/C14H17BrFN3/c1-8-4-2-3-5-12(8)19-13-6-9(15)10(16)7-11(13)18-14(19)17/h6-8,12H,2-5H2,1H3,(H2,17,18). The van der Waals surface area contributed by atoms with Gasteiger partial charge in [0.2, 0.25) is 5.95 Å². The number of aromatic nitrogens is 2. The molecule has 0 spiro atoms. The highest BCUT2D eigenvalue weighted by atomic mass is 79.9. The third-order valence-corrected chi connectivity index (χ3v) is 4.76. The molecule has 0 amide bonds. The van der Waals surface area contributed by atoms with Gasteiger partial charge in [0.25, 0.3) is 0 Å².